The van der Waals surface area contributed by atoms with E-state index < -0.39 is 15.8 Å². The van der Waals surface area contributed by atoms with Gasteiger partial charge in [-0.2, -0.15) is 0 Å². The van der Waals surface area contributed by atoms with Gasteiger partial charge in [0.1, 0.15) is 10.7 Å². The number of aromatic nitrogens is 1. The SMILES string of the molecule is Nc1cc(F)ccc1S(=O)(=O)NCc1cscn1. The summed E-state index contributed by atoms with van der Waals surface area (Å²) in [5, 5.41) is 1.73. The van der Waals surface area contributed by atoms with Crippen molar-refractivity contribution in [2.24, 2.45) is 0 Å². The van der Waals surface area contributed by atoms with Crippen LogP contribution >= 0.6 is 11.3 Å². The molecule has 8 heteroatoms. The van der Waals surface area contributed by atoms with Gasteiger partial charge in [0.05, 0.1) is 23.4 Å². The Morgan fingerprint density at radius 1 is 1.44 bits per heavy atom. The molecule has 1 aromatic carbocycles. The highest BCUT2D eigenvalue weighted by molar-refractivity contribution is 7.89. The molecular formula is C10H10FN3O2S2. The van der Waals surface area contributed by atoms with E-state index in [0.29, 0.717) is 5.69 Å². The van der Waals surface area contributed by atoms with E-state index in [2.05, 4.69) is 9.71 Å². The standard InChI is InChI=1S/C10H10FN3O2S2/c11-7-1-2-10(9(12)3-7)18(15,16)14-4-8-5-17-6-13-8/h1-3,5-6,14H,4,12H2. The van der Waals surface area contributed by atoms with Gasteiger partial charge in [0.25, 0.3) is 0 Å². The largest absolute Gasteiger partial charge is 0.398 e. The number of nitrogen functional groups attached to an aromatic ring is 1. The van der Waals surface area contributed by atoms with Gasteiger partial charge < -0.3 is 5.73 Å². The average Bonchev–Trinajstić information content (AvgIpc) is 2.78. The summed E-state index contributed by atoms with van der Waals surface area (Å²) >= 11 is 1.37. The minimum Gasteiger partial charge on any atom is -0.398 e. The van der Waals surface area contributed by atoms with Crippen molar-refractivity contribution in [2.75, 3.05) is 5.73 Å². The zero-order valence-electron chi connectivity index (χ0n) is 9.13. The molecule has 96 valence electrons. The number of benzene rings is 1. The maximum absolute atomic E-state index is 12.8. The molecule has 1 heterocycles. The van der Waals surface area contributed by atoms with Crippen molar-refractivity contribution in [3.05, 3.63) is 40.6 Å². The van der Waals surface area contributed by atoms with Crippen LogP contribution in [0.1, 0.15) is 5.69 Å². The number of hydrogen-bond acceptors (Lipinski definition) is 5. The predicted octanol–water partition coefficient (Wildman–Crippen LogP) is 1.34. The smallest absolute Gasteiger partial charge is 0.242 e. The fourth-order valence-corrected chi connectivity index (χ4v) is 3.00. The van der Waals surface area contributed by atoms with E-state index in [1.165, 1.54) is 11.3 Å². The summed E-state index contributed by atoms with van der Waals surface area (Å²) in [7, 11) is -3.76. The molecule has 0 aliphatic rings. The number of thiazole rings is 1. The van der Waals surface area contributed by atoms with Crippen molar-refractivity contribution in [2.45, 2.75) is 11.4 Å². The van der Waals surface area contributed by atoms with Gasteiger partial charge in [-0.25, -0.2) is 22.5 Å². The van der Waals surface area contributed by atoms with Crippen molar-refractivity contribution in [1.29, 1.82) is 0 Å². The molecule has 18 heavy (non-hydrogen) atoms. The molecule has 3 N–H and O–H groups in total. The normalized spacial score (nSPS) is 11.6. The van der Waals surface area contributed by atoms with E-state index in [0.717, 1.165) is 18.2 Å². The van der Waals surface area contributed by atoms with Gasteiger partial charge in [-0.05, 0) is 18.2 Å². The number of nitrogens with two attached hydrogens (primary N) is 1. The van der Waals surface area contributed by atoms with Crippen LogP contribution in [0.15, 0.2) is 34.0 Å². The van der Waals surface area contributed by atoms with Crippen molar-refractivity contribution >= 4 is 27.0 Å². The van der Waals surface area contributed by atoms with Gasteiger partial charge in [-0.15, -0.1) is 11.3 Å². The second kappa shape index (κ2) is 5.01. The Morgan fingerprint density at radius 3 is 2.83 bits per heavy atom. The molecule has 5 nitrogen and oxygen atoms in total. The summed E-state index contributed by atoms with van der Waals surface area (Å²) in [6.07, 6.45) is 0. The molecule has 0 saturated heterocycles. The zero-order valence-corrected chi connectivity index (χ0v) is 10.8. The van der Waals surface area contributed by atoms with E-state index in [9.17, 15) is 12.8 Å². The Balaban J connectivity index is 2.20. The van der Waals surface area contributed by atoms with Crippen LogP contribution in [0.4, 0.5) is 10.1 Å². The first-order valence-corrected chi connectivity index (χ1v) is 7.33. The molecular weight excluding hydrogens is 277 g/mol. The lowest BCUT2D eigenvalue weighted by molar-refractivity contribution is 0.580. The highest BCUT2D eigenvalue weighted by Crippen LogP contribution is 2.19. The fourth-order valence-electron chi connectivity index (χ4n) is 1.34. The summed E-state index contributed by atoms with van der Waals surface area (Å²) < 4.78 is 39.0. The molecule has 0 bridgehead atoms. The number of rotatable bonds is 4. The van der Waals surface area contributed by atoms with Gasteiger partial charge in [-0.1, -0.05) is 0 Å². The number of nitrogens with zero attached hydrogens (tertiary/aromatic N) is 1. The van der Waals surface area contributed by atoms with Crippen LogP contribution in [0, 0.1) is 5.82 Å². The minimum absolute atomic E-state index is 0.0721. The zero-order chi connectivity index (χ0) is 13.2. The van der Waals surface area contributed by atoms with Crippen LogP contribution in [0.2, 0.25) is 0 Å². The van der Waals surface area contributed by atoms with Gasteiger partial charge in [0.2, 0.25) is 10.0 Å². The Labute approximate surface area is 108 Å². The average molecular weight is 287 g/mol. The van der Waals surface area contributed by atoms with Crippen molar-refractivity contribution in [3.63, 3.8) is 0 Å². The fraction of sp³-hybridized carbons (Fsp3) is 0.100. The molecule has 0 radical (unpaired) electrons. The molecule has 0 aliphatic heterocycles. The van der Waals surface area contributed by atoms with Crippen molar-refractivity contribution in [3.8, 4) is 0 Å². The minimum atomic E-state index is -3.76. The van der Waals surface area contributed by atoms with E-state index in [-0.39, 0.29) is 17.1 Å². The summed E-state index contributed by atoms with van der Waals surface area (Å²) in [5.74, 6) is -0.578. The van der Waals surface area contributed by atoms with Crippen LogP contribution in [-0.4, -0.2) is 13.4 Å². The molecule has 0 amide bonds. The first-order chi connectivity index (χ1) is 8.49. The maximum atomic E-state index is 12.8. The van der Waals surface area contributed by atoms with E-state index in [1.807, 2.05) is 0 Å². The molecule has 0 spiro atoms. The first kappa shape index (κ1) is 12.9. The predicted molar refractivity (Wildman–Crippen MR) is 67.0 cm³/mol. The van der Waals surface area contributed by atoms with Crippen LogP contribution < -0.4 is 10.5 Å². The van der Waals surface area contributed by atoms with Crippen molar-refractivity contribution < 1.29 is 12.8 Å². The maximum Gasteiger partial charge on any atom is 0.242 e. The second-order valence-corrected chi connectivity index (χ2v) is 5.94. The molecule has 0 unspecified atom stereocenters. The molecule has 2 rings (SSSR count). The molecule has 0 atom stereocenters. The third-order valence-corrected chi connectivity index (χ3v) is 4.30. The monoisotopic (exact) mass is 287 g/mol. The van der Waals surface area contributed by atoms with Crippen LogP contribution in [0.25, 0.3) is 0 Å². The summed E-state index contributed by atoms with van der Waals surface area (Å²) in [4.78, 5) is 3.81. The lowest BCUT2D eigenvalue weighted by Crippen LogP contribution is -2.24. The van der Waals surface area contributed by atoms with E-state index in [1.54, 1.807) is 10.9 Å². The van der Waals surface area contributed by atoms with Gasteiger partial charge in [0, 0.05) is 5.38 Å². The number of halogens is 1. The quantitative estimate of drug-likeness (QED) is 0.831. The van der Waals surface area contributed by atoms with Crippen LogP contribution in [-0.2, 0) is 16.6 Å². The molecule has 0 saturated carbocycles. The highest BCUT2D eigenvalue weighted by atomic mass is 32.2. The molecule has 1 aromatic heterocycles. The van der Waals surface area contributed by atoms with E-state index >= 15 is 0 Å². The summed E-state index contributed by atoms with van der Waals surface area (Å²) in [6.45, 7) is 0.0721. The van der Waals surface area contributed by atoms with Crippen molar-refractivity contribution in [1.82, 2.24) is 9.71 Å². The number of anilines is 1. The summed E-state index contributed by atoms with van der Waals surface area (Å²) in [5.41, 5.74) is 7.58. The lowest BCUT2D eigenvalue weighted by atomic mass is 10.3. The van der Waals surface area contributed by atoms with Crippen LogP contribution in [0.3, 0.4) is 0 Å². The number of hydrogen-bond donors (Lipinski definition) is 2. The van der Waals surface area contributed by atoms with Gasteiger partial charge in [-0.3, -0.25) is 0 Å². The second-order valence-electron chi connectivity index (χ2n) is 3.49. The third-order valence-electron chi connectivity index (χ3n) is 2.19. The Hall–Kier alpha value is -1.51. The number of nitrogens with one attached hydrogen (secondary N) is 1. The highest BCUT2D eigenvalue weighted by Gasteiger charge is 2.17. The lowest BCUT2D eigenvalue weighted by Gasteiger charge is -2.08. The Kier molecular flexibility index (Phi) is 3.60. The van der Waals surface area contributed by atoms with Gasteiger partial charge in [0.15, 0.2) is 0 Å². The Bertz CT molecular complexity index is 641. The summed E-state index contributed by atoms with van der Waals surface area (Å²) in [6, 6.07) is 3.15. The molecule has 2 aromatic rings. The third kappa shape index (κ3) is 2.84. The molecule has 0 fully saturated rings. The molecule has 0 aliphatic carbocycles. The first-order valence-electron chi connectivity index (χ1n) is 4.91. The Morgan fingerprint density at radius 2 is 2.22 bits per heavy atom. The number of sulfonamides is 1. The van der Waals surface area contributed by atoms with Crippen LogP contribution in [0.5, 0.6) is 0 Å². The van der Waals surface area contributed by atoms with Gasteiger partial charge >= 0.3 is 0 Å². The topological polar surface area (TPSA) is 85.1 Å². The van der Waals surface area contributed by atoms with E-state index in [4.69, 9.17) is 5.73 Å².